The molecule has 0 bridgehead atoms. The van der Waals surface area contributed by atoms with E-state index in [2.05, 4.69) is 9.97 Å². The van der Waals surface area contributed by atoms with Crippen LogP contribution in [0.1, 0.15) is 48.8 Å². The minimum atomic E-state index is -1.01. The Kier molecular flexibility index (Phi) is 7.57. The monoisotopic (exact) mass is 616 g/mol. The van der Waals surface area contributed by atoms with Crippen LogP contribution in [-0.4, -0.2) is 44.4 Å². The van der Waals surface area contributed by atoms with Gasteiger partial charge < -0.3 is 19.0 Å². The van der Waals surface area contributed by atoms with Crippen molar-refractivity contribution in [2.24, 2.45) is 0 Å². The third-order valence-electron chi connectivity index (χ3n) is 7.34. The Morgan fingerprint density at radius 2 is 1.86 bits per heavy atom. The van der Waals surface area contributed by atoms with Crippen LogP contribution in [0.4, 0.5) is 5.13 Å². The molecule has 1 unspecified atom stereocenters. The first-order chi connectivity index (χ1) is 20.7. The average Bonchev–Trinajstić information content (AvgIpc) is 3.64. The second-order valence-corrected chi connectivity index (χ2v) is 11.6. The number of halogens is 1. The molecule has 2 aromatic carbocycles. The predicted molar refractivity (Wildman–Crippen MR) is 167 cm³/mol. The summed E-state index contributed by atoms with van der Waals surface area (Å²) in [6.45, 7) is 8.48. The number of fused-ring (bicyclic) bond motifs is 2. The number of amides is 1. The Balaban J connectivity index is 1.59. The zero-order chi connectivity index (χ0) is 30.4. The Labute approximate surface area is 257 Å². The summed E-state index contributed by atoms with van der Waals surface area (Å²) in [7, 11) is 0. The molecule has 43 heavy (non-hydrogen) atoms. The number of benzene rings is 2. The maximum atomic E-state index is 13.8. The van der Waals surface area contributed by atoms with E-state index in [0.29, 0.717) is 57.3 Å². The highest BCUT2D eigenvalue weighted by Gasteiger charge is 2.49. The van der Waals surface area contributed by atoms with E-state index in [0.717, 1.165) is 16.7 Å². The highest BCUT2D eigenvalue weighted by molar-refractivity contribution is 7.22. The first-order valence-electron chi connectivity index (χ1n) is 13.9. The maximum absolute atomic E-state index is 13.8. The number of Topliss-reactive ketones (excluding diaryl/α,β-unsaturated/α-hetero) is 1. The number of hydrogen-bond acceptors (Lipinski definition) is 8. The van der Waals surface area contributed by atoms with Crippen molar-refractivity contribution in [2.45, 2.75) is 40.2 Å². The molecule has 1 amide bonds. The Hall–Kier alpha value is -4.41. The van der Waals surface area contributed by atoms with Crippen molar-refractivity contribution in [3.05, 3.63) is 87.8 Å². The predicted octanol–water partition coefficient (Wildman–Crippen LogP) is 7.03. The number of aromatic nitrogens is 3. The van der Waals surface area contributed by atoms with E-state index in [4.69, 9.17) is 21.1 Å². The number of aliphatic hydroxyl groups excluding tert-OH is 1. The van der Waals surface area contributed by atoms with Crippen LogP contribution in [-0.2, 0) is 9.59 Å². The van der Waals surface area contributed by atoms with Crippen LogP contribution in [0, 0.1) is 13.8 Å². The highest BCUT2D eigenvalue weighted by atomic mass is 35.5. The fourth-order valence-electron chi connectivity index (χ4n) is 5.30. The molecule has 6 rings (SSSR count). The molecule has 3 aromatic heterocycles. The number of carbonyl (C=O) groups excluding carboxylic acids is 2. The molecule has 1 fully saturated rings. The minimum Gasteiger partial charge on any atom is -0.505 e. The van der Waals surface area contributed by atoms with Crippen LogP contribution in [0.25, 0.3) is 21.6 Å². The number of hydrogen-bond donors (Lipinski definition) is 1. The molecule has 220 valence electrons. The van der Waals surface area contributed by atoms with Gasteiger partial charge in [-0.15, -0.1) is 0 Å². The van der Waals surface area contributed by atoms with Crippen molar-refractivity contribution in [3.63, 3.8) is 0 Å². The van der Waals surface area contributed by atoms with Crippen LogP contribution in [0.3, 0.4) is 0 Å². The van der Waals surface area contributed by atoms with Crippen LogP contribution >= 0.6 is 22.9 Å². The topological polar surface area (TPSA) is 106 Å². The van der Waals surface area contributed by atoms with Gasteiger partial charge in [-0.2, -0.15) is 0 Å². The van der Waals surface area contributed by atoms with Crippen LogP contribution in [0.2, 0.25) is 5.02 Å². The van der Waals surface area contributed by atoms with Crippen LogP contribution in [0.15, 0.2) is 60.3 Å². The summed E-state index contributed by atoms with van der Waals surface area (Å²) < 4.78 is 14.4. The Bertz CT molecular complexity index is 1950. The third kappa shape index (κ3) is 4.90. The molecule has 1 atom stereocenters. The number of carbonyl (C=O) groups is 2. The van der Waals surface area contributed by atoms with Gasteiger partial charge in [0.2, 0.25) is 0 Å². The molecular weight excluding hydrogens is 588 g/mol. The van der Waals surface area contributed by atoms with Gasteiger partial charge in [0.25, 0.3) is 5.78 Å². The standard InChI is InChI=1S/C32H29ClN4O5S/c1-5-14-42-22-12-9-19(15-23(22)41-6-2)27-25(28(38)26-18(4)36-13-7-8-17(3)30(36)35-26)29(39)31(40)37(27)32-34-21-11-10-20(33)16-24(21)43-32/h7-13,15-16,27,38H,5-6,14H2,1-4H3/b28-25+. The lowest BCUT2D eigenvalue weighted by atomic mass is 9.96. The van der Waals surface area contributed by atoms with Gasteiger partial charge in [-0.3, -0.25) is 14.5 Å². The number of ketones is 1. The summed E-state index contributed by atoms with van der Waals surface area (Å²) in [5.41, 5.74) is 3.50. The zero-order valence-corrected chi connectivity index (χ0v) is 25.6. The van der Waals surface area contributed by atoms with Crippen LogP contribution in [0.5, 0.6) is 11.5 Å². The van der Waals surface area contributed by atoms with Gasteiger partial charge >= 0.3 is 5.91 Å². The van der Waals surface area contributed by atoms with Crippen molar-refractivity contribution < 1.29 is 24.2 Å². The lowest BCUT2D eigenvalue weighted by Gasteiger charge is -2.24. The van der Waals surface area contributed by atoms with E-state index in [1.807, 2.05) is 50.4 Å². The number of rotatable bonds is 8. The molecule has 9 nitrogen and oxygen atoms in total. The largest absolute Gasteiger partial charge is 0.505 e. The molecule has 0 saturated carbocycles. The first-order valence-corrected chi connectivity index (χ1v) is 15.1. The van der Waals surface area contributed by atoms with Crippen molar-refractivity contribution in [3.8, 4) is 11.5 Å². The maximum Gasteiger partial charge on any atom is 0.301 e. The third-order valence-corrected chi connectivity index (χ3v) is 8.60. The zero-order valence-electron chi connectivity index (χ0n) is 24.1. The van der Waals surface area contributed by atoms with Gasteiger partial charge in [0.05, 0.1) is 40.7 Å². The molecule has 4 heterocycles. The van der Waals surface area contributed by atoms with Crippen molar-refractivity contribution in [2.75, 3.05) is 18.1 Å². The van der Waals surface area contributed by atoms with Crippen LogP contribution < -0.4 is 14.4 Å². The Morgan fingerprint density at radius 3 is 2.60 bits per heavy atom. The number of imidazole rings is 1. The lowest BCUT2D eigenvalue weighted by Crippen LogP contribution is -2.29. The van der Waals surface area contributed by atoms with Gasteiger partial charge in [-0.05, 0) is 74.7 Å². The summed E-state index contributed by atoms with van der Waals surface area (Å²) >= 11 is 7.46. The minimum absolute atomic E-state index is 0.0869. The molecular formula is C32H29ClN4O5S. The van der Waals surface area contributed by atoms with Gasteiger partial charge in [0, 0.05) is 11.2 Å². The molecule has 1 saturated heterocycles. The lowest BCUT2D eigenvalue weighted by molar-refractivity contribution is -0.132. The normalized spacial score (nSPS) is 16.5. The first kappa shape index (κ1) is 28.7. The molecule has 0 spiro atoms. The number of nitrogens with zero attached hydrogens (tertiary/aromatic N) is 4. The molecule has 11 heteroatoms. The summed E-state index contributed by atoms with van der Waals surface area (Å²) in [5, 5.41) is 12.6. The molecule has 1 aliphatic rings. The van der Waals surface area contributed by atoms with E-state index < -0.39 is 17.7 Å². The van der Waals surface area contributed by atoms with E-state index >= 15 is 0 Å². The SMILES string of the molecule is CCCOc1ccc(C2/C(=C(\O)c3nc4c(C)cccn4c3C)C(=O)C(=O)N2c2nc3ccc(Cl)cc3s2)cc1OCC. The van der Waals surface area contributed by atoms with Crippen molar-refractivity contribution >= 4 is 61.4 Å². The van der Waals surface area contributed by atoms with Crippen molar-refractivity contribution in [1.82, 2.24) is 14.4 Å². The van der Waals surface area contributed by atoms with Gasteiger partial charge in [-0.1, -0.05) is 42.0 Å². The average molecular weight is 617 g/mol. The van der Waals surface area contributed by atoms with Gasteiger partial charge in [0.15, 0.2) is 22.4 Å². The van der Waals surface area contributed by atoms with E-state index in [1.165, 1.54) is 16.2 Å². The van der Waals surface area contributed by atoms with Gasteiger partial charge in [-0.25, -0.2) is 9.97 Å². The molecule has 0 radical (unpaired) electrons. The number of ether oxygens (including phenoxy) is 2. The number of aliphatic hydroxyl groups is 1. The molecule has 5 aromatic rings. The quantitative estimate of drug-likeness (QED) is 0.113. The summed E-state index contributed by atoms with van der Waals surface area (Å²) in [4.78, 5) is 38.3. The van der Waals surface area contributed by atoms with Gasteiger partial charge in [0.1, 0.15) is 11.3 Å². The second kappa shape index (κ2) is 11.3. The van der Waals surface area contributed by atoms with E-state index in [1.54, 1.807) is 36.4 Å². The number of aryl methyl sites for hydroxylation is 2. The summed E-state index contributed by atoms with van der Waals surface area (Å²) in [6, 6.07) is 13.3. The number of thiazole rings is 1. The number of pyridine rings is 1. The molecule has 1 aliphatic heterocycles. The summed E-state index contributed by atoms with van der Waals surface area (Å²) in [5.74, 6) is -0.990. The molecule has 1 N–H and O–H groups in total. The second-order valence-electron chi connectivity index (χ2n) is 10.2. The Morgan fingerprint density at radius 1 is 1.05 bits per heavy atom. The smallest absolute Gasteiger partial charge is 0.301 e. The summed E-state index contributed by atoms with van der Waals surface area (Å²) in [6.07, 6.45) is 2.65. The fourth-order valence-corrected chi connectivity index (χ4v) is 6.57. The number of anilines is 1. The van der Waals surface area contributed by atoms with E-state index in [-0.39, 0.29) is 17.0 Å². The van der Waals surface area contributed by atoms with Crippen molar-refractivity contribution in [1.29, 1.82) is 0 Å². The fraction of sp³-hybridized carbons (Fsp3) is 0.250. The highest BCUT2D eigenvalue weighted by Crippen LogP contribution is 2.46. The van der Waals surface area contributed by atoms with E-state index in [9.17, 15) is 14.7 Å². The molecule has 0 aliphatic carbocycles.